The molecular formula is C18H21ClN6O. The van der Waals surface area contributed by atoms with Crippen LogP contribution in [0.4, 0.5) is 10.6 Å². The highest BCUT2D eigenvalue weighted by molar-refractivity contribution is 6.30. The molecule has 3 aromatic rings. The van der Waals surface area contributed by atoms with Crippen LogP contribution in [0.5, 0.6) is 0 Å². The van der Waals surface area contributed by atoms with Gasteiger partial charge in [-0.1, -0.05) is 11.6 Å². The maximum absolute atomic E-state index is 11.2. The predicted molar refractivity (Wildman–Crippen MR) is 105 cm³/mol. The number of benzene rings is 1. The molecule has 136 valence electrons. The third-order valence-electron chi connectivity index (χ3n) is 3.88. The summed E-state index contributed by atoms with van der Waals surface area (Å²) in [4.78, 5) is 23.7. The number of aromatic amines is 1. The molecule has 0 fully saturated rings. The van der Waals surface area contributed by atoms with Crippen molar-refractivity contribution in [2.75, 3.05) is 25.5 Å². The first kappa shape index (κ1) is 18.0. The maximum Gasteiger partial charge on any atom is 0.314 e. The molecule has 7 nitrogen and oxygen atoms in total. The molecule has 0 aliphatic carbocycles. The van der Waals surface area contributed by atoms with Gasteiger partial charge in [-0.2, -0.15) is 0 Å². The number of rotatable bonds is 6. The number of hydrogen-bond donors (Lipinski definition) is 4. The molecule has 0 bridgehead atoms. The Morgan fingerprint density at radius 3 is 2.69 bits per heavy atom. The van der Waals surface area contributed by atoms with Crippen molar-refractivity contribution in [3.63, 3.8) is 0 Å². The zero-order chi connectivity index (χ0) is 18.5. The van der Waals surface area contributed by atoms with Gasteiger partial charge in [0, 0.05) is 36.4 Å². The van der Waals surface area contributed by atoms with Gasteiger partial charge in [-0.15, -0.1) is 0 Å². The molecule has 4 N–H and O–H groups in total. The molecule has 0 aliphatic heterocycles. The number of nitrogens with one attached hydrogen (secondary N) is 4. The number of aryl methyl sites for hydroxylation is 1. The van der Waals surface area contributed by atoms with Crippen molar-refractivity contribution in [3.8, 4) is 11.4 Å². The SMILES string of the molecule is CNC(=O)NCCCNc1nc(-c2ccc(Cl)cc2)nc2[nH]c(C)cc12. The minimum Gasteiger partial charge on any atom is -0.369 e. The number of hydrogen-bond acceptors (Lipinski definition) is 4. The number of halogens is 1. The van der Waals surface area contributed by atoms with Crippen LogP contribution < -0.4 is 16.0 Å². The van der Waals surface area contributed by atoms with E-state index in [0.717, 1.165) is 34.5 Å². The van der Waals surface area contributed by atoms with Crippen LogP contribution in [0.2, 0.25) is 5.02 Å². The van der Waals surface area contributed by atoms with E-state index in [9.17, 15) is 4.79 Å². The summed E-state index contributed by atoms with van der Waals surface area (Å²) in [5, 5.41) is 10.2. The summed E-state index contributed by atoms with van der Waals surface area (Å²) in [5.41, 5.74) is 2.70. The topological polar surface area (TPSA) is 94.7 Å². The number of fused-ring (bicyclic) bond motifs is 1. The fraction of sp³-hybridized carbons (Fsp3) is 0.278. The first-order valence-electron chi connectivity index (χ1n) is 8.39. The first-order chi connectivity index (χ1) is 12.6. The van der Waals surface area contributed by atoms with Crippen molar-refractivity contribution in [3.05, 3.63) is 41.0 Å². The number of nitrogens with zero attached hydrogens (tertiary/aromatic N) is 2. The van der Waals surface area contributed by atoms with Crippen molar-refractivity contribution in [1.29, 1.82) is 0 Å². The summed E-state index contributed by atoms with van der Waals surface area (Å²) in [5.74, 6) is 1.39. The third kappa shape index (κ3) is 4.23. The highest BCUT2D eigenvalue weighted by Gasteiger charge is 2.11. The van der Waals surface area contributed by atoms with Crippen molar-refractivity contribution in [1.82, 2.24) is 25.6 Å². The van der Waals surface area contributed by atoms with Gasteiger partial charge in [0.15, 0.2) is 5.82 Å². The molecular weight excluding hydrogens is 352 g/mol. The van der Waals surface area contributed by atoms with Crippen LogP contribution in [-0.4, -0.2) is 41.1 Å². The van der Waals surface area contributed by atoms with E-state index in [1.807, 2.05) is 37.3 Å². The molecule has 0 aliphatic rings. The lowest BCUT2D eigenvalue weighted by Crippen LogP contribution is -2.33. The second-order valence-corrected chi connectivity index (χ2v) is 6.34. The van der Waals surface area contributed by atoms with Gasteiger partial charge in [-0.3, -0.25) is 0 Å². The number of carbonyl (C=O) groups is 1. The van der Waals surface area contributed by atoms with E-state index < -0.39 is 0 Å². The predicted octanol–water partition coefficient (Wildman–Crippen LogP) is 3.32. The van der Waals surface area contributed by atoms with E-state index in [2.05, 4.69) is 30.9 Å². The van der Waals surface area contributed by atoms with Crippen LogP contribution in [0.15, 0.2) is 30.3 Å². The van der Waals surface area contributed by atoms with Crippen LogP contribution in [0.3, 0.4) is 0 Å². The Morgan fingerprint density at radius 1 is 1.19 bits per heavy atom. The normalized spacial score (nSPS) is 10.7. The van der Waals surface area contributed by atoms with E-state index in [-0.39, 0.29) is 6.03 Å². The largest absolute Gasteiger partial charge is 0.369 e. The number of amides is 2. The second-order valence-electron chi connectivity index (χ2n) is 5.90. The number of carbonyl (C=O) groups excluding carboxylic acids is 1. The monoisotopic (exact) mass is 372 g/mol. The zero-order valence-electron chi connectivity index (χ0n) is 14.7. The van der Waals surface area contributed by atoms with Crippen LogP contribution in [0.1, 0.15) is 12.1 Å². The quantitative estimate of drug-likeness (QED) is 0.499. The van der Waals surface area contributed by atoms with Crippen LogP contribution in [0, 0.1) is 6.92 Å². The molecule has 2 amide bonds. The van der Waals surface area contributed by atoms with Gasteiger partial charge < -0.3 is 20.9 Å². The van der Waals surface area contributed by atoms with Crippen molar-refractivity contribution in [2.24, 2.45) is 0 Å². The Kier molecular flexibility index (Phi) is 5.58. The van der Waals surface area contributed by atoms with E-state index in [1.54, 1.807) is 7.05 Å². The van der Waals surface area contributed by atoms with E-state index in [1.165, 1.54) is 0 Å². The highest BCUT2D eigenvalue weighted by atomic mass is 35.5. The minimum atomic E-state index is -0.180. The minimum absolute atomic E-state index is 0.180. The van der Waals surface area contributed by atoms with Gasteiger partial charge in [-0.05, 0) is 43.7 Å². The Labute approximate surface area is 156 Å². The Balaban J connectivity index is 1.79. The molecule has 0 unspecified atom stereocenters. The van der Waals surface area contributed by atoms with Crippen LogP contribution in [0.25, 0.3) is 22.4 Å². The van der Waals surface area contributed by atoms with E-state index >= 15 is 0 Å². The van der Waals surface area contributed by atoms with Crippen molar-refractivity contribution in [2.45, 2.75) is 13.3 Å². The maximum atomic E-state index is 11.2. The smallest absolute Gasteiger partial charge is 0.314 e. The number of urea groups is 1. The summed E-state index contributed by atoms with van der Waals surface area (Å²) in [7, 11) is 1.59. The number of aromatic nitrogens is 3. The average molecular weight is 373 g/mol. The van der Waals surface area contributed by atoms with Crippen LogP contribution in [-0.2, 0) is 0 Å². The Bertz CT molecular complexity index is 906. The molecule has 0 atom stereocenters. The number of H-pyrrole nitrogens is 1. The third-order valence-corrected chi connectivity index (χ3v) is 4.14. The molecule has 26 heavy (non-hydrogen) atoms. The standard InChI is InChI=1S/C18H21ClN6O/c1-11-10-14-16(21-8-3-9-22-18(26)20-2)24-15(25-17(14)23-11)12-4-6-13(19)7-5-12/h4-7,10H,3,8-9H2,1-2H3,(H2,20,22,26)(H2,21,23,24,25). The molecule has 0 radical (unpaired) electrons. The fourth-order valence-electron chi connectivity index (χ4n) is 2.59. The van der Waals surface area contributed by atoms with Gasteiger partial charge in [0.25, 0.3) is 0 Å². The first-order valence-corrected chi connectivity index (χ1v) is 8.77. The van der Waals surface area contributed by atoms with Gasteiger partial charge in [0.2, 0.25) is 0 Å². The van der Waals surface area contributed by atoms with E-state index in [0.29, 0.717) is 23.9 Å². The van der Waals surface area contributed by atoms with E-state index in [4.69, 9.17) is 11.6 Å². The van der Waals surface area contributed by atoms with Gasteiger partial charge >= 0.3 is 6.03 Å². The molecule has 0 spiro atoms. The summed E-state index contributed by atoms with van der Waals surface area (Å²) in [6.07, 6.45) is 0.776. The lowest BCUT2D eigenvalue weighted by Gasteiger charge is -2.09. The van der Waals surface area contributed by atoms with Gasteiger partial charge in [0.05, 0.1) is 5.39 Å². The Hall–Kier alpha value is -2.80. The lowest BCUT2D eigenvalue weighted by atomic mass is 10.2. The average Bonchev–Trinajstić information content (AvgIpc) is 3.02. The second kappa shape index (κ2) is 8.05. The molecule has 2 heterocycles. The van der Waals surface area contributed by atoms with Gasteiger partial charge in [-0.25, -0.2) is 14.8 Å². The molecule has 3 rings (SSSR count). The molecule has 1 aromatic carbocycles. The lowest BCUT2D eigenvalue weighted by molar-refractivity contribution is 0.243. The number of anilines is 1. The summed E-state index contributed by atoms with van der Waals surface area (Å²) in [6, 6.07) is 9.28. The summed E-state index contributed by atoms with van der Waals surface area (Å²) >= 11 is 5.97. The Morgan fingerprint density at radius 2 is 1.96 bits per heavy atom. The van der Waals surface area contributed by atoms with Crippen molar-refractivity contribution >= 4 is 34.5 Å². The molecule has 2 aromatic heterocycles. The van der Waals surface area contributed by atoms with Crippen LogP contribution >= 0.6 is 11.6 Å². The molecule has 0 saturated carbocycles. The fourth-order valence-corrected chi connectivity index (χ4v) is 2.72. The van der Waals surface area contributed by atoms with Gasteiger partial charge in [0.1, 0.15) is 11.5 Å². The molecule has 8 heteroatoms. The highest BCUT2D eigenvalue weighted by Crippen LogP contribution is 2.26. The zero-order valence-corrected chi connectivity index (χ0v) is 15.4. The summed E-state index contributed by atoms with van der Waals surface area (Å²) < 4.78 is 0. The van der Waals surface area contributed by atoms with Crippen molar-refractivity contribution < 1.29 is 4.79 Å². The summed E-state index contributed by atoms with van der Waals surface area (Å²) in [6.45, 7) is 3.25. The molecule has 0 saturated heterocycles.